The van der Waals surface area contributed by atoms with E-state index >= 15 is 0 Å². The summed E-state index contributed by atoms with van der Waals surface area (Å²) in [5, 5.41) is 3.51. The fourth-order valence-corrected chi connectivity index (χ4v) is 2.56. The molecule has 1 aliphatic heterocycles. The molecule has 1 unspecified atom stereocenters. The molecule has 1 fully saturated rings. The highest BCUT2D eigenvalue weighted by atomic mass is 16.5. The third-order valence-corrected chi connectivity index (χ3v) is 3.40. The van der Waals surface area contributed by atoms with E-state index in [4.69, 9.17) is 4.74 Å². The van der Waals surface area contributed by atoms with Crippen LogP contribution in [0.25, 0.3) is 11.2 Å². The Kier molecular flexibility index (Phi) is 3.25. The van der Waals surface area contributed by atoms with E-state index in [1.54, 1.807) is 7.11 Å². The fraction of sp³-hybridized carbons (Fsp3) is 0.538. The summed E-state index contributed by atoms with van der Waals surface area (Å²) in [6, 6.07) is 3.95. The lowest BCUT2D eigenvalue weighted by Gasteiger charge is -2.16. The van der Waals surface area contributed by atoms with Crippen LogP contribution in [0.15, 0.2) is 18.3 Å². The van der Waals surface area contributed by atoms with Gasteiger partial charge < -0.3 is 4.74 Å². The third kappa shape index (κ3) is 2.00. The van der Waals surface area contributed by atoms with E-state index in [1.165, 1.54) is 6.42 Å². The van der Waals surface area contributed by atoms with Crippen molar-refractivity contribution in [3.63, 3.8) is 0 Å². The van der Waals surface area contributed by atoms with Crippen molar-refractivity contribution < 1.29 is 4.74 Å². The van der Waals surface area contributed by atoms with Gasteiger partial charge in [-0.2, -0.15) is 0 Å². The maximum Gasteiger partial charge on any atom is 0.161 e. The summed E-state index contributed by atoms with van der Waals surface area (Å²) in [4.78, 5) is 9.15. The average molecular weight is 246 g/mol. The normalized spacial score (nSPS) is 19.7. The number of pyridine rings is 1. The van der Waals surface area contributed by atoms with Crippen molar-refractivity contribution in [1.82, 2.24) is 19.9 Å². The van der Waals surface area contributed by atoms with Crippen molar-refractivity contribution >= 4 is 11.2 Å². The summed E-state index contributed by atoms with van der Waals surface area (Å²) in [6.07, 6.45) is 5.33. The molecular formula is C13H18N4O. The lowest BCUT2D eigenvalue weighted by Crippen LogP contribution is -2.22. The zero-order valence-electron chi connectivity index (χ0n) is 10.6. The molecule has 0 aromatic carbocycles. The van der Waals surface area contributed by atoms with Gasteiger partial charge in [-0.1, -0.05) is 0 Å². The van der Waals surface area contributed by atoms with Crippen molar-refractivity contribution in [2.75, 3.05) is 20.3 Å². The van der Waals surface area contributed by atoms with Crippen molar-refractivity contribution in [3.05, 3.63) is 24.2 Å². The van der Waals surface area contributed by atoms with E-state index in [1.807, 2.05) is 18.3 Å². The molecule has 1 saturated heterocycles. The van der Waals surface area contributed by atoms with Crippen LogP contribution < -0.4 is 5.32 Å². The Morgan fingerprint density at radius 2 is 2.50 bits per heavy atom. The topological polar surface area (TPSA) is 52.0 Å². The minimum absolute atomic E-state index is 0.330. The summed E-state index contributed by atoms with van der Waals surface area (Å²) in [5.74, 6) is 1.06. The van der Waals surface area contributed by atoms with Gasteiger partial charge in [-0.05, 0) is 31.5 Å². The van der Waals surface area contributed by atoms with Crippen LogP contribution in [0, 0.1) is 0 Å². The van der Waals surface area contributed by atoms with Crippen molar-refractivity contribution in [2.45, 2.75) is 25.4 Å². The van der Waals surface area contributed by atoms with Crippen molar-refractivity contribution in [1.29, 1.82) is 0 Å². The summed E-state index contributed by atoms with van der Waals surface area (Å²) in [5.41, 5.74) is 1.94. The molecule has 2 aromatic rings. The highest BCUT2D eigenvalue weighted by Gasteiger charge is 2.22. The predicted molar refractivity (Wildman–Crippen MR) is 69.4 cm³/mol. The van der Waals surface area contributed by atoms with Gasteiger partial charge in [0, 0.05) is 19.7 Å². The van der Waals surface area contributed by atoms with E-state index in [9.17, 15) is 0 Å². The SMILES string of the molecule is COCCc1nc2cccnc2n1C1CCCN1. The first kappa shape index (κ1) is 11.6. The maximum atomic E-state index is 5.17. The predicted octanol–water partition coefficient (Wildman–Crippen LogP) is 1.50. The second-order valence-corrected chi connectivity index (χ2v) is 4.60. The number of ether oxygens (including phenoxy) is 1. The lowest BCUT2D eigenvalue weighted by atomic mass is 10.3. The Hall–Kier alpha value is -1.46. The fourth-order valence-electron chi connectivity index (χ4n) is 2.56. The molecule has 0 saturated carbocycles. The van der Waals surface area contributed by atoms with Crippen LogP contribution in [0.5, 0.6) is 0 Å². The smallest absolute Gasteiger partial charge is 0.161 e. The molecule has 0 bridgehead atoms. The minimum atomic E-state index is 0.330. The van der Waals surface area contributed by atoms with Crippen LogP contribution in [-0.4, -0.2) is 34.8 Å². The number of methoxy groups -OCH3 is 1. The molecule has 18 heavy (non-hydrogen) atoms. The second kappa shape index (κ2) is 5.04. The third-order valence-electron chi connectivity index (χ3n) is 3.40. The number of fused-ring (bicyclic) bond motifs is 1. The molecule has 0 radical (unpaired) electrons. The molecule has 1 atom stereocenters. The molecule has 96 valence electrons. The maximum absolute atomic E-state index is 5.17. The van der Waals surface area contributed by atoms with Crippen LogP contribution in [0.3, 0.4) is 0 Å². The van der Waals surface area contributed by atoms with Gasteiger partial charge in [-0.15, -0.1) is 0 Å². The lowest BCUT2D eigenvalue weighted by molar-refractivity contribution is 0.199. The molecule has 3 heterocycles. The Morgan fingerprint density at radius 3 is 3.28 bits per heavy atom. The van der Waals surface area contributed by atoms with Crippen LogP contribution in [-0.2, 0) is 11.2 Å². The summed E-state index contributed by atoms with van der Waals surface area (Å²) in [6.45, 7) is 1.76. The zero-order chi connectivity index (χ0) is 12.4. The largest absolute Gasteiger partial charge is 0.384 e. The quantitative estimate of drug-likeness (QED) is 0.888. The average Bonchev–Trinajstić information content (AvgIpc) is 3.02. The van der Waals surface area contributed by atoms with Gasteiger partial charge in [-0.3, -0.25) is 9.88 Å². The van der Waals surface area contributed by atoms with Gasteiger partial charge in [0.05, 0.1) is 12.8 Å². The monoisotopic (exact) mass is 246 g/mol. The standard InChI is InChI=1S/C13H18N4O/c1-18-9-6-12-16-10-4-2-8-15-13(10)17(12)11-5-3-7-14-11/h2,4,8,11,14H,3,5-7,9H2,1H3. The number of hydrogen-bond acceptors (Lipinski definition) is 4. The number of rotatable bonds is 4. The highest BCUT2D eigenvalue weighted by molar-refractivity contribution is 5.71. The van der Waals surface area contributed by atoms with Gasteiger partial charge in [0.2, 0.25) is 0 Å². The van der Waals surface area contributed by atoms with E-state index in [0.717, 1.165) is 36.4 Å². The van der Waals surface area contributed by atoms with Gasteiger partial charge >= 0.3 is 0 Å². The number of imidazole rings is 1. The van der Waals surface area contributed by atoms with Crippen LogP contribution in [0.2, 0.25) is 0 Å². The van der Waals surface area contributed by atoms with Gasteiger partial charge in [0.15, 0.2) is 5.65 Å². The Labute approximate surface area is 106 Å². The molecular weight excluding hydrogens is 228 g/mol. The molecule has 0 spiro atoms. The second-order valence-electron chi connectivity index (χ2n) is 4.60. The highest BCUT2D eigenvalue weighted by Crippen LogP contribution is 2.24. The molecule has 1 N–H and O–H groups in total. The summed E-state index contributed by atoms with van der Waals surface area (Å²) < 4.78 is 7.40. The number of nitrogens with zero attached hydrogens (tertiary/aromatic N) is 3. The Balaban J connectivity index is 2.05. The van der Waals surface area contributed by atoms with Crippen LogP contribution in [0.4, 0.5) is 0 Å². The molecule has 5 heteroatoms. The van der Waals surface area contributed by atoms with E-state index in [2.05, 4.69) is 19.9 Å². The van der Waals surface area contributed by atoms with E-state index in [-0.39, 0.29) is 0 Å². The number of aromatic nitrogens is 3. The van der Waals surface area contributed by atoms with Crippen LogP contribution >= 0.6 is 0 Å². The minimum Gasteiger partial charge on any atom is -0.384 e. The molecule has 2 aromatic heterocycles. The zero-order valence-corrected chi connectivity index (χ0v) is 10.6. The summed E-state index contributed by atoms with van der Waals surface area (Å²) >= 11 is 0. The van der Waals surface area contributed by atoms with E-state index < -0.39 is 0 Å². The Bertz CT molecular complexity index is 531. The first-order chi connectivity index (χ1) is 8.90. The molecule has 1 aliphatic rings. The van der Waals surface area contributed by atoms with Gasteiger partial charge in [0.1, 0.15) is 11.3 Å². The molecule has 0 amide bonds. The van der Waals surface area contributed by atoms with Gasteiger partial charge in [0.25, 0.3) is 0 Å². The van der Waals surface area contributed by atoms with Crippen molar-refractivity contribution in [2.24, 2.45) is 0 Å². The van der Waals surface area contributed by atoms with Gasteiger partial charge in [-0.25, -0.2) is 9.97 Å². The molecule has 3 rings (SSSR count). The Morgan fingerprint density at radius 1 is 1.56 bits per heavy atom. The first-order valence-electron chi connectivity index (χ1n) is 6.44. The van der Waals surface area contributed by atoms with Crippen LogP contribution in [0.1, 0.15) is 24.8 Å². The molecule has 5 nitrogen and oxygen atoms in total. The molecule has 0 aliphatic carbocycles. The number of hydrogen-bond donors (Lipinski definition) is 1. The number of nitrogens with one attached hydrogen (secondary N) is 1. The first-order valence-corrected chi connectivity index (χ1v) is 6.44. The van der Waals surface area contributed by atoms with E-state index in [0.29, 0.717) is 12.8 Å². The summed E-state index contributed by atoms with van der Waals surface area (Å²) in [7, 11) is 1.72. The van der Waals surface area contributed by atoms with Crippen molar-refractivity contribution in [3.8, 4) is 0 Å².